The Labute approximate surface area is 258 Å². The van der Waals surface area contributed by atoms with Crippen LogP contribution in [0.5, 0.6) is 5.75 Å². The third-order valence-corrected chi connectivity index (χ3v) is 7.63. The largest absolute Gasteiger partial charge is 0.497 e. The van der Waals surface area contributed by atoms with Crippen LogP contribution in [0.25, 0.3) is 27.7 Å². The fourth-order valence-electron chi connectivity index (χ4n) is 5.37. The van der Waals surface area contributed by atoms with Crippen molar-refractivity contribution in [2.75, 3.05) is 43.5 Å². The van der Waals surface area contributed by atoms with E-state index in [0.29, 0.717) is 19.6 Å². The van der Waals surface area contributed by atoms with E-state index in [2.05, 4.69) is 51.7 Å². The van der Waals surface area contributed by atoms with E-state index in [4.69, 9.17) is 14.6 Å². The van der Waals surface area contributed by atoms with Crippen LogP contribution >= 0.6 is 0 Å². The number of ether oxygens (including phenoxy) is 2. The summed E-state index contributed by atoms with van der Waals surface area (Å²) in [6.45, 7) is 8.90. The molecule has 0 unspecified atom stereocenters. The zero-order chi connectivity index (χ0) is 30.7. The number of rotatable bonds is 7. The molecule has 1 N–H and O–H groups in total. The molecule has 0 bridgehead atoms. The Morgan fingerprint density at radius 2 is 1.64 bits per heavy atom. The van der Waals surface area contributed by atoms with Gasteiger partial charge in [-0.15, -0.1) is 0 Å². The Balaban J connectivity index is 1.20. The molecule has 1 saturated heterocycles. The minimum Gasteiger partial charge on any atom is -0.497 e. The van der Waals surface area contributed by atoms with Crippen molar-refractivity contribution in [1.29, 1.82) is 0 Å². The van der Waals surface area contributed by atoms with Crippen molar-refractivity contribution in [3.05, 3.63) is 96.8 Å². The van der Waals surface area contributed by atoms with Gasteiger partial charge in [-0.2, -0.15) is 5.10 Å². The standard InChI is InChI=1S/C35H38N6O3/c1-35(2,3)44-34(42)40-18-16-39(17-19-40)30-14-15-36-32(22-30)37-23-28-24-41(29-8-6-5-7-9-29)38-33(28)27-11-10-26-21-31(43-4)13-12-25(26)20-27/h5-15,20-22,24H,16-19,23H2,1-4H3,(H,36,37). The van der Waals surface area contributed by atoms with Crippen molar-refractivity contribution in [2.24, 2.45) is 0 Å². The Morgan fingerprint density at radius 3 is 2.39 bits per heavy atom. The van der Waals surface area contributed by atoms with Gasteiger partial charge < -0.3 is 24.6 Å². The first-order valence-corrected chi connectivity index (χ1v) is 14.9. The SMILES string of the molecule is COc1ccc2cc(-c3nn(-c4ccccc4)cc3CNc3cc(N4CCN(C(=O)OC(C)(C)C)CC4)ccn3)ccc2c1. The summed E-state index contributed by atoms with van der Waals surface area (Å²) in [6, 6.07) is 26.7. The summed E-state index contributed by atoms with van der Waals surface area (Å²) >= 11 is 0. The number of fused-ring (bicyclic) bond motifs is 1. The molecule has 0 saturated carbocycles. The Bertz CT molecular complexity index is 1750. The number of hydrogen-bond acceptors (Lipinski definition) is 7. The van der Waals surface area contributed by atoms with E-state index in [1.165, 1.54) is 0 Å². The first-order chi connectivity index (χ1) is 21.3. The highest BCUT2D eigenvalue weighted by Gasteiger charge is 2.26. The summed E-state index contributed by atoms with van der Waals surface area (Å²) < 4.78 is 12.9. The van der Waals surface area contributed by atoms with Gasteiger partial charge in [0.2, 0.25) is 0 Å². The number of piperazine rings is 1. The normalized spacial score (nSPS) is 13.6. The van der Waals surface area contributed by atoms with Crippen molar-refractivity contribution in [3.63, 3.8) is 0 Å². The van der Waals surface area contributed by atoms with Gasteiger partial charge in [0.1, 0.15) is 17.2 Å². The van der Waals surface area contributed by atoms with E-state index in [1.54, 1.807) is 12.0 Å². The fraction of sp³-hybridized carbons (Fsp3) is 0.286. The van der Waals surface area contributed by atoms with E-state index in [0.717, 1.165) is 63.6 Å². The first kappa shape index (κ1) is 29.0. The molecule has 1 aliphatic rings. The minimum absolute atomic E-state index is 0.257. The predicted molar refractivity (Wildman–Crippen MR) is 175 cm³/mol. The molecule has 6 rings (SSSR count). The molecule has 44 heavy (non-hydrogen) atoms. The van der Waals surface area contributed by atoms with E-state index in [1.807, 2.05) is 80.2 Å². The lowest BCUT2D eigenvalue weighted by atomic mass is 10.0. The highest BCUT2D eigenvalue weighted by molar-refractivity contribution is 5.88. The second-order valence-corrected chi connectivity index (χ2v) is 11.9. The number of nitrogens with one attached hydrogen (secondary N) is 1. The first-order valence-electron chi connectivity index (χ1n) is 14.9. The second-order valence-electron chi connectivity index (χ2n) is 11.9. The molecule has 5 aromatic rings. The van der Waals surface area contributed by atoms with Crippen LogP contribution < -0.4 is 15.0 Å². The number of hydrogen-bond donors (Lipinski definition) is 1. The van der Waals surface area contributed by atoms with Gasteiger partial charge in [0.25, 0.3) is 0 Å². The van der Waals surface area contributed by atoms with E-state index in [-0.39, 0.29) is 6.09 Å². The number of aromatic nitrogens is 3. The van der Waals surface area contributed by atoms with Crippen LogP contribution in [0.3, 0.4) is 0 Å². The van der Waals surface area contributed by atoms with Gasteiger partial charge in [-0.05, 0) is 67.9 Å². The van der Waals surface area contributed by atoms with Crippen LogP contribution in [0.2, 0.25) is 0 Å². The fourth-order valence-corrected chi connectivity index (χ4v) is 5.37. The number of methoxy groups -OCH3 is 1. The topological polar surface area (TPSA) is 84.8 Å². The Hall–Kier alpha value is -5.05. The molecule has 1 amide bonds. The van der Waals surface area contributed by atoms with Crippen LogP contribution in [-0.2, 0) is 11.3 Å². The molecule has 9 heteroatoms. The molecular weight excluding hydrogens is 552 g/mol. The average molecular weight is 591 g/mol. The van der Waals surface area contributed by atoms with Gasteiger partial charge in [-0.25, -0.2) is 14.5 Å². The van der Waals surface area contributed by atoms with Crippen LogP contribution in [0.4, 0.5) is 16.3 Å². The monoisotopic (exact) mass is 590 g/mol. The number of amides is 1. The number of carbonyl (C=O) groups is 1. The molecule has 0 radical (unpaired) electrons. The molecule has 9 nitrogen and oxygen atoms in total. The predicted octanol–water partition coefficient (Wildman–Crippen LogP) is 6.77. The third-order valence-electron chi connectivity index (χ3n) is 7.63. The maximum atomic E-state index is 12.5. The minimum atomic E-state index is -0.500. The lowest BCUT2D eigenvalue weighted by Gasteiger charge is -2.36. The lowest BCUT2D eigenvalue weighted by molar-refractivity contribution is 0.0240. The van der Waals surface area contributed by atoms with Gasteiger partial charge >= 0.3 is 6.09 Å². The molecular formula is C35H38N6O3. The molecule has 2 aromatic heterocycles. The Kier molecular flexibility index (Phi) is 8.11. The molecule has 3 heterocycles. The average Bonchev–Trinajstić information content (AvgIpc) is 3.47. The molecule has 3 aromatic carbocycles. The maximum absolute atomic E-state index is 12.5. The number of para-hydroxylation sites is 1. The summed E-state index contributed by atoms with van der Waals surface area (Å²) in [5.41, 5.74) is 4.57. The summed E-state index contributed by atoms with van der Waals surface area (Å²) in [5, 5.41) is 10.8. The second kappa shape index (κ2) is 12.3. The smallest absolute Gasteiger partial charge is 0.410 e. The van der Waals surface area contributed by atoms with Crippen molar-refractivity contribution < 1.29 is 14.3 Å². The van der Waals surface area contributed by atoms with E-state index >= 15 is 0 Å². The molecule has 226 valence electrons. The number of carbonyl (C=O) groups excluding carboxylic acids is 1. The maximum Gasteiger partial charge on any atom is 0.410 e. The summed E-state index contributed by atoms with van der Waals surface area (Å²) in [7, 11) is 1.68. The summed E-state index contributed by atoms with van der Waals surface area (Å²) in [6.07, 6.45) is 3.65. The number of pyridine rings is 1. The zero-order valence-corrected chi connectivity index (χ0v) is 25.7. The number of benzene rings is 3. The summed E-state index contributed by atoms with van der Waals surface area (Å²) in [4.78, 5) is 21.1. The van der Waals surface area contributed by atoms with Crippen molar-refractivity contribution in [3.8, 4) is 22.7 Å². The highest BCUT2D eigenvalue weighted by Crippen LogP contribution is 2.30. The van der Waals surface area contributed by atoms with E-state index < -0.39 is 5.60 Å². The zero-order valence-electron chi connectivity index (χ0n) is 25.7. The van der Waals surface area contributed by atoms with Crippen LogP contribution in [0.15, 0.2) is 91.3 Å². The van der Waals surface area contributed by atoms with Crippen LogP contribution in [0.1, 0.15) is 26.3 Å². The quantitative estimate of drug-likeness (QED) is 0.224. The van der Waals surface area contributed by atoms with Gasteiger partial charge in [-0.1, -0.05) is 36.4 Å². The number of nitrogens with zero attached hydrogens (tertiary/aromatic N) is 5. The molecule has 1 fully saturated rings. The van der Waals surface area contributed by atoms with Gasteiger partial charge in [0.05, 0.1) is 18.5 Å². The van der Waals surface area contributed by atoms with Crippen LogP contribution in [-0.4, -0.2) is 64.6 Å². The Morgan fingerprint density at radius 1 is 0.886 bits per heavy atom. The van der Waals surface area contributed by atoms with Gasteiger partial charge in [0, 0.05) is 68.0 Å². The van der Waals surface area contributed by atoms with Crippen LogP contribution in [0, 0.1) is 0 Å². The van der Waals surface area contributed by atoms with Gasteiger partial charge in [-0.3, -0.25) is 0 Å². The molecule has 0 spiro atoms. The van der Waals surface area contributed by atoms with Crippen molar-refractivity contribution in [2.45, 2.75) is 32.9 Å². The van der Waals surface area contributed by atoms with Gasteiger partial charge in [0.15, 0.2) is 0 Å². The highest BCUT2D eigenvalue weighted by atomic mass is 16.6. The van der Waals surface area contributed by atoms with E-state index in [9.17, 15) is 4.79 Å². The molecule has 0 aliphatic carbocycles. The molecule has 0 atom stereocenters. The number of anilines is 2. The third kappa shape index (κ3) is 6.62. The lowest BCUT2D eigenvalue weighted by Crippen LogP contribution is -2.50. The molecule has 1 aliphatic heterocycles. The van der Waals surface area contributed by atoms with Crippen molar-refractivity contribution in [1.82, 2.24) is 19.7 Å². The van der Waals surface area contributed by atoms with Crippen molar-refractivity contribution >= 4 is 28.4 Å². The summed E-state index contributed by atoms with van der Waals surface area (Å²) in [5.74, 6) is 1.62.